The molecule has 1 heterocycles. The van der Waals surface area contributed by atoms with Gasteiger partial charge in [-0.3, -0.25) is 5.10 Å². The zero-order valence-corrected chi connectivity index (χ0v) is 7.07. The van der Waals surface area contributed by atoms with E-state index in [2.05, 4.69) is 22.0 Å². The van der Waals surface area contributed by atoms with E-state index in [1.165, 1.54) is 0 Å². The summed E-state index contributed by atoms with van der Waals surface area (Å²) in [5.41, 5.74) is 1.96. The zero-order chi connectivity index (χ0) is 8.10. The van der Waals surface area contributed by atoms with Crippen LogP contribution in [0.5, 0.6) is 0 Å². The Bertz CT molecular complexity index is 280. The van der Waals surface area contributed by atoms with Gasteiger partial charge in [-0.05, 0) is 6.92 Å². The molecule has 58 valence electrons. The van der Waals surface area contributed by atoms with Gasteiger partial charge in [-0.2, -0.15) is 5.10 Å². The van der Waals surface area contributed by atoms with Gasteiger partial charge in [-0.1, -0.05) is 11.8 Å². The molecule has 2 nitrogen and oxygen atoms in total. The predicted molar refractivity (Wildman–Crippen MR) is 45.5 cm³/mol. The zero-order valence-electron chi connectivity index (χ0n) is 6.32. The number of nitrogens with zero attached hydrogens (tertiary/aromatic N) is 1. The summed E-state index contributed by atoms with van der Waals surface area (Å²) >= 11 is 5.46. The minimum absolute atomic E-state index is 0.587. The van der Waals surface area contributed by atoms with Gasteiger partial charge in [0, 0.05) is 18.0 Å². The van der Waals surface area contributed by atoms with Gasteiger partial charge in [0.25, 0.3) is 0 Å². The molecule has 1 N–H and O–H groups in total. The molecule has 0 atom stereocenters. The van der Waals surface area contributed by atoms with Crippen molar-refractivity contribution in [3.63, 3.8) is 0 Å². The van der Waals surface area contributed by atoms with E-state index in [4.69, 9.17) is 11.6 Å². The lowest BCUT2D eigenvalue weighted by Crippen LogP contribution is -1.75. The third-order valence-corrected chi connectivity index (χ3v) is 1.46. The number of hydrogen-bond donors (Lipinski definition) is 1. The number of rotatable bonds is 1. The van der Waals surface area contributed by atoms with Crippen molar-refractivity contribution in [1.29, 1.82) is 0 Å². The Morgan fingerprint density at radius 2 is 2.55 bits per heavy atom. The number of alkyl halides is 1. The molecule has 0 saturated carbocycles. The SMILES string of the molecule is Cc1[nH]ncc1C#CCCCl. The summed E-state index contributed by atoms with van der Waals surface area (Å²) in [6.07, 6.45) is 2.45. The first-order valence-corrected chi connectivity index (χ1v) is 3.93. The predicted octanol–water partition coefficient (Wildman–Crippen LogP) is 1.70. The summed E-state index contributed by atoms with van der Waals surface area (Å²) < 4.78 is 0. The summed E-state index contributed by atoms with van der Waals surface area (Å²) in [7, 11) is 0. The van der Waals surface area contributed by atoms with Crippen LogP contribution in [0.2, 0.25) is 0 Å². The van der Waals surface area contributed by atoms with Crippen LogP contribution in [0.4, 0.5) is 0 Å². The second-order valence-corrected chi connectivity index (χ2v) is 2.53. The lowest BCUT2D eigenvalue weighted by molar-refractivity contribution is 1.05. The molecule has 0 bridgehead atoms. The largest absolute Gasteiger partial charge is 0.282 e. The molecule has 3 heteroatoms. The number of nitrogens with one attached hydrogen (secondary N) is 1. The Morgan fingerprint density at radius 1 is 1.73 bits per heavy atom. The summed E-state index contributed by atoms with van der Waals surface area (Å²) in [5, 5.41) is 6.65. The lowest BCUT2D eigenvalue weighted by atomic mass is 10.2. The van der Waals surface area contributed by atoms with E-state index < -0.39 is 0 Å². The van der Waals surface area contributed by atoms with Crippen molar-refractivity contribution in [2.24, 2.45) is 0 Å². The minimum atomic E-state index is 0.587. The third-order valence-electron chi connectivity index (χ3n) is 1.27. The van der Waals surface area contributed by atoms with Crippen LogP contribution in [0.1, 0.15) is 17.7 Å². The van der Waals surface area contributed by atoms with Crippen LogP contribution in [-0.2, 0) is 0 Å². The molecule has 0 fully saturated rings. The standard InChI is InChI=1S/C8H9ClN2/c1-7-8(6-10-11-7)4-2-3-5-9/h6H,3,5H2,1H3,(H,10,11). The van der Waals surface area contributed by atoms with E-state index in [9.17, 15) is 0 Å². The fourth-order valence-corrected chi connectivity index (χ4v) is 0.776. The molecular formula is C8H9ClN2. The number of hydrogen-bond acceptors (Lipinski definition) is 1. The number of aryl methyl sites for hydroxylation is 1. The van der Waals surface area contributed by atoms with Gasteiger partial charge in [0.15, 0.2) is 0 Å². The summed E-state index contributed by atoms with van der Waals surface area (Å²) in [5.74, 6) is 6.49. The smallest absolute Gasteiger partial charge is 0.0651 e. The van der Waals surface area contributed by atoms with E-state index >= 15 is 0 Å². The molecule has 0 amide bonds. The Balaban J connectivity index is 2.65. The highest BCUT2D eigenvalue weighted by Crippen LogP contribution is 1.98. The van der Waals surface area contributed by atoms with Crippen molar-refractivity contribution >= 4 is 11.6 Å². The summed E-state index contributed by atoms with van der Waals surface area (Å²) in [6, 6.07) is 0. The quantitative estimate of drug-likeness (QED) is 0.502. The van der Waals surface area contributed by atoms with Crippen molar-refractivity contribution in [1.82, 2.24) is 10.2 Å². The van der Waals surface area contributed by atoms with E-state index in [0.717, 1.165) is 17.7 Å². The minimum Gasteiger partial charge on any atom is -0.282 e. The van der Waals surface area contributed by atoms with Gasteiger partial charge in [0.05, 0.1) is 11.8 Å². The topological polar surface area (TPSA) is 28.7 Å². The Morgan fingerprint density at radius 3 is 3.09 bits per heavy atom. The first kappa shape index (κ1) is 8.16. The normalized spacial score (nSPS) is 8.91. The monoisotopic (exact) mass is 168 g/mol. The van der Waals surface area contributed by atoms with Crippen molar-refractivity contribution in [2.75, 3.05) is 5.88 Å². The van der Waals surface area contributed by atoms with Crippen LogP contribution < -0.4 is 0 Å². The first-order chi connectivity index (χ1) is 5.34. The van der Waals surface area contributed by atoms with Gasteiger partial charge in [0.2, 0.25) is 0 Å². The summed E-state index contributed by atoms with van der Waals surface area (Å²) in [4.78, 5) is 0. The van der Waals surface area contributed by atoms with E-state index in [1.807, 2.05) is 6.92 Å². The highest BCUT2D eigenvalue weighted by atomic mass is 35.5. The van der Waals surface area contributed by atoms with Crippen LogP contribution in [0.15, 0.2) is 6.20 Å². The first-order valence-electron chi connectivity index (χ1n) is 3.39. The maximum Gasteiger partial charge on any atom is 0.0651 e. The molecule has 0 saturated heterocycles. The molecule has 1 aromatic heterocycles. The van der Waals surface area contributed by atoms with E-state index in [-0.39, 0.29) is 0 Å². The number of H-pyrrole nitrogens is 1. The van der Waals surface area contributed by atoms with Gasteiger partial charge >= 0.3 is 0 Å². The molecule has 0 spiro atoms. The van der Waals surface area contributed by atoms with Crippen LogP contribution >= 0.6 is 11.6 Å². The van der Waals surface area contributed by atoms with Gasteiger partial charge in [-0.15, -0.1) is 11.6 Å². The molecule has 0 aliphatic heterocycles. The fraction of sp³-hybridized carbons (Fsp3) is 0.375. The molecular weight excluding hydrogens is 160 g/mol. The lowest BCUT2D eigenvalue weighted by Gasteiger charge is -1.82. The van der Waals surface area contributed by atoms with Crippen LogP contribution in [0.3, 0.4) is 0 Å². The number of aromatic nitrogens is 2. The highest BCUT2D eigenvalue weighted by Gasteiger charge is 1.92. The molecule has 0 radical (unpaired) electrons. The maximum atomic E-state index is 5.46. The van der Waals surface area contributed by atoms with Gasteiger partial charge in [-0.25, -0.2) is 0 Å². The van der Waals surface area contributed by atoms with Crippen LogP contribution in [0.25, 0.3) is 0 Å². The third kappa shape index (κ3) is 2.28. The average molecular weight is 169 g/mol. The number of halogens is 1. The molecule has 0 aliphatic rings. The van der Waals surface area contributed by atoms with Gasteiger partial charge in [0.1, 0.15) is 0 Å². The van der Waals surface area contributed by atoms with Crippen molar-refractivity contribution < 1.29 is 0 Å². The Labute approximate surface area is 71.0 Å². The van der Waals surface area contributed by atoms with E-state index in [0.29, 0.717) is 5.88 Å². The maximum absolute atomic E-state index is 5.46. The highest BCUT2D eigenvalue weighted by molar-refractivity contribution is 6.18. The second kappa shape index (κ2) is 4.05. The molecule has 0 aromatic carbocycles. The van der Waals surface area contributed by atoms with Gasteiger partial charge < -0.3 is 0 Å². The van der Waals surface area contributed by atoms with Crippen molar-refractivity contribution in [3.05, 3.63) is 17.5 Å². The molecule has 11 heavy (non-hydrogen) atoms. The number of aromatic amines is 1. The molecule has 1 aromatic rings. The average Bonchev–Trinajstić information content (AvgIpc) is 2.37. The van der Waals surface area contributed by atoms with Crippen LogP contribution in [-0.4, -0.2) is 16.1 Å². The van der Waals surface area contributed by atoms with E-state index in [1.54, 1.807) is 6.20 Å². The summed E-state index contributed by atoms with van der Waals surface area (Å²) in [6.45, 7) is 1.94. The molecule has 0 unspecified atom stereocenters. The van der Waals surface area contributed by atoms with Crippen molar-refractivity contribution in [3.8, 4) is 11.8 Å². The Hall–Kier alpha value is -0.940. The fourth-order valence-electron chi connectivity index (χ4n) is 0.682. The van der Waals surface area contributed by atoms with Crippen LogP contribution in [0, 0.1) is 18.8 Å². The van der Waals surface area contributed by atoms with Crippen molar-refractivity contribution in [2.45, 2.75) is 13.3 Å². The Kier molecular flexibility index (Phi) is 3.00. The molecule has 0 aliphatic carbocycles. The molecule has 1 rings (SSSR count). The second-order valence-electron chi connectivity index (χ2n) is 2.15.